The molecule has 0 aliphatic carbocycles. The molecule has 0 saturated carbocycles. The number of aromatic nitrogens is 2. The highest BCUT2D eigenvalue weighted by Gasteiger charge is 2.07. The van der Waals surface area contributed by atoms with Gasteiger partial charge in [0.25, 0.3) is 5.56 Å². The largest absolute Gasteiger partial charge is 0.396 e. The minimum Gasteiger partial charge on any atom is -0.396 e. The molecule has 0 aliphatic rings. The Morgan fingerprint density at radius 3 is 3.06 bits per heavy atom. The highest BCUT2D eigenvalue weighted by atomic mass is 32.1. The molecule has 0 fully saturated rings. The molecule has 0 aromatic carbocycles. The van der Waals surface area contributed by atoms with Crippen LogP contribution in [-0.4, -0.2) is 21.3 Å². The van der Waals surface area contributed by atoms with Crippen LogP contribution < -0.4 is 5.56 Å². The molecule has 5 heteroatoms. The molecule has 4 nitrogen and oxygen atoms in total. The number of thiophene rings is 1. The van der Waals surface area contributed by atoms with Gasteiger partial charge in [0, 0.05) is 13.2 Å². The lowest BCUT2D eigenvalue weighted by atomic mass is 10.3. The van der Waals surface area contributed by atoms with Crippen molar-refractivity contribution in [2.45, 2.75) is 26.3 Å². The molecule has 2 aromatic heterocycles. The van der Waals surface area contributed by atoms with E-state index in [4.69, 9.17) is 5.11 Å². The van der Waals surface area contributed by atoms with E-state index in [0.29, 0.717) is 13.0 Å². The van der Waals surface area contributed by atoms with Crippen molar-refractivity contribution < 1.29 is 5.11 Å². The normalized spacial score (nSPS) is 11.1. The van der Waals surface area contributed by atoms with Crippen molar-refractivity contribution in [3.8, 4) is 0 Å². The quantitative estimate of drug-likeness (QED) is 0.822. The van der Waals surface area contributed by atoms with Gasteiger partial charge in [0.2, 0.25) is 0 Å². The zero-order valence-corrected chi connectivity index (χ0v) is 9.96. The molecule has 0 amide bonds. The molecule has 0 aliphatic heterocycles. The molecule has 16 heavy (non-hydrogen) atoms. The van der Waals surface area contributed by atoms with Gasteiger partial charge in [-0.1, -0.05) is 0 Å². The van der Waals surface area contributed by atoms with Crippen LogP contribution in [0.3, 0.4) is 0 Å². The van der Waals surface area contributed by atoms with Crippen molar-refractivity contribution in [3.05, 3.63) is 27.6 Å². The third-order valence-corrected chi connectivity index (χ3v) is 3.61. The Kier molecular flexibility index (Phi) is 3.36. The summed E-state index contributed by atoms with van der Waals surface area (Å²) in [6.07, 6.45) is 3.11. The number of hydrogen-bond acceptors (Lipinski definition) is 4. The number of aliphatic hydroxyl groups excluding tert-OH is 1. The predicted molar refractivity (Wildman–Crippen MR) is 64.9 cm³/mol. The minimum atomic E-state index is 0.0287. The number of nitrogens with zero attached hydrogens (tertiary/aromatic N) is 2. The van der Waals surface area contributed by atoms with Crippen molar-refractivity contribution in [1.29, 1.82) is 0 Å². The van der Waals surface area contributed by atoms with Crippen molar-refractivity contribution in [2.24, 2.45) is 0 Å². The third-order valence-electron chi connectivity index (χ3n) is 2.53. The Morgan fingerprint density at radius 1 is 1.50 bits per heavy atom. The molecule has 2 aromatic rings. The molecule has 0 bridgehead atoms. The second kappa shape index (κ2) is 4.76. The highest BCUT2D eigenvalue weighted by molar-refractivity contribution is 7.17. The molecule has 2 heterocycles. The van der Waals surface area contributed by atoms with E-state index >= 15 is 0 Å². The maximum Gasteiger partial charge on any atom is 0.271 e. The van der Waals surface area contributed by atoms with Crippen LogP contribution in [0.15, 0.2) is 16.5 Å². The molecule has 0 spiro atoms. The molecule has 0 radical (unpaired) electrons. The zero-order chi connectivity index (χ0) is 11.5. The standard InChI is InChI=1S/C11H14N2O2S/c1-8-6-16-10-9(8)12-7-13(11(10)15)4-2-3-5-14/h6-7,14H,2-5H2,1H3. The SMILES string of the molecule is Cc1csc2c(=O)n(CCCCO)cnc12. The first-order valence-corrected chi connectivity index (χ1v) is 6.16. The van der Waals surface area contributed by atoms with Gasteiger partial charge < -0.3 is 5.11 Å². The van der Waals surface area contributed by atoms with E-state index < -0.39 is 0 Å². The molecule has 0 atom stereocenters. The highest BCUT2D eigenvalue weighted by Crippen LogP contribution is 2.19. The first kappa shape index (κ1) is 11.3. The van der Waals surface area contributed by atoms with Crippen LogP contribution in [0.25, 0.3) is 10.2 Å². The lowest BCUT2D eigenvalue weighted by molar-refractivity contribution is 0.281. The molecule has 0 unspecified atom stereocenters. The second-order valence-electron chi connectivity index (χ2n) is 3.77. The van der Waals surface area contributed by atoms with Crippen molar-refractivity contribution in [3.63, 3.8) is 0 Å². The van der Waals surface area contributed by atoms with Gasteiger partial charge in [-0.25, -0.2) is 4.98 Å². The summed E-state index contributed by atoms with van der Waals surface area (Å²) in [5.74, 6) is 0. The molecule has 1 N–H and O–H groups in total. The smallest absolute Gasteiger partial charge is 0.271 e. The van der Waals surface area contributed by atoms with Gasteiger partial charge in [-0.05, 0) is 30.7 Å². The average Bonchev–Trinajstić information content (AvgIpc) is 2.65. The summed E-state index contributed by atoms with van der Waals surface area (Å²) < 4.78 is 2.34. The fraction of sp³-hybridized carbons (Fsp3) is 0.455. The summed E-state index contributed by atoms with van der Waals surface area (Å²) in [4.78, 5) is 16.3. The molecular formula is C11H14N2O2S. The second-order valence-corrected chi connectivity index (χ2v) is 4.65. The van der Waals surface area contributed by atoms with E-state index in [0.717, 1.165) is 22.2 Å². The van der Waals surface area contributed by atoms with E-state index in [-0.39, 0.29) is 12.2 Å². The van der Waals surface area contributed by atoms with Crippen molar-refractivity contribution >= 4 is 21.6 Å². The Balaban J connectivity index is 2.34. The Labute approximate surface area is 97.2 Å². The summed E-state index contributed by atoms with van der Waals surface area (Å²) >= 11 is 1.45. The fourth-order valence-corrected chi connectivity index (χ4v) is 2.56. The van der Waals surface area contributed by atoms with Gasteiger partial charge in [0.05, 0.1) is 11.8 Å². The first-order valence-electron chi connectivity index (χ1n) is 5.28. The van der Waals surface area contributed by atoms with Crippen LogP contribution in [0.2, 0.25) is 0 Å². The third kappa shape index (κ3) is 2.01. The van der Waals surface area contributed by atoms with Crippen LogP contribution >= 0.6 is 11.3 Å². The van der Waals surface area contributed by atoms with E-state index in [9.17, 15) is 4.79 Å². The molecule has 2 rings (SSSR count). The topological polar surface area (TPSA) is 55.1 Å². The first-order chi connectivity index (χ1) is 7.74. The van der Waals surface area contributed by atoms with E-state index in [1.807, 2.05) is 12.3 Å². The van der Waals surface area contributed by atoms with Gasteiger partial charge in [-0.2, -0.15) is 0 Å². The maximum atomic E-state index is 12.0. The lowest BCUT2D eigenvalue weighted by Crippen LogP contribution is -2.19. The Bertz CT molecular complexity index is 544. The van der Waals surface area contributed by atoms with Gasteiger partial charge >= 0.3 is 0 Å². The van der Waals surface area contributed by atoms with Crippen molar-refractivity contribution in [2.75, 3.05) is 6.61 Å². The lowest BCUT2D eigenvalue weighted by Gasteiger charge is -2.03. The van der Waals surface area contributed by atoms with Gasteiger partial charge in [-0.15, -0.1) is 11.3 Å². The number of rotatable bonds is 4. The van der Waals surface area contributed by atoms with Crippen molar-refractivity contribution in [1.82, 2.24) is 9.55 Å². The maximum absolute atomic E-state index is 12.0. The summed E-state index contributed by atoms with van der Waals surface area (Å²) in [6, 6.07) is 0. The number of unbranched alkanes of at least 4 members (excludes halogenated alkanes) is 1. The van der Waals surface area contributed by atoms with Crippen LogP contribution in [0.4, 0.5) is 0 Å². The fourth-order valence-electron chi connectivity index (χ4n) is 1.61. The molecule has 0 saturated heterocycles. The van der Waals surface area contributed by atoms with E-state index in [1.54, 1.807) is 10.9 Å². The van der Waals surface area contributed by atoms with Crippen LogP contribution in [0, 0.1) is 6.92 Å². The number of aliphatic hydroxyl groups is 1. The van der Waals surface area contributed by atoms with Crippen LogP contribution in [-0.2, 0) is 6.54 Å². The summed E-state index contributed by atoms with van der Waals surface area (Å²) in [5, 5.41) is 10.6. The minimum absolute atomic E-state index is 0.0287. The summed E-state index contributed by atoms with van der Waals surface area (Å²) in [5.41, 5.74) is 1.90. The predicted octanol–water partition coefficient (Wildman–Crippen LogP) is 1.54. The van der Waals surface area contributed by atoms with Crippen LogP contribution in [0.5, 0.6) is 0 Å². The van der Waals surface area contributed by atoms with E-state index in [1.165, 1.54) is 11.3 Å². The number of hydrogen-bond donors (Lipinski definition) is 1. The number of aryl methyl sites for hydroxylation is 2. The monoisotopic (exact) mass is 238 g/mol. The Hall–Kier alpha value is -1.20. The summed E-state index contributed by atoms with van der Waals surface area (Å²) in [6.45, 7) is 2.75. The van der Waals surface area contributed by atoms with E-state index in [2.05, 4.69) is 4.98 Å². The zero-order valence-electron chi connectivity index (χ0n) is 9.14. The van der Waals surface area contributed by atoms with Crippen LogP contribution in [0.1, 0.15) is 18.4 Å². The number of fused-ring (bicyclic) bond motifs is 1. The van der Waals surface area contributed by atoms with Gasteiger partial charge in [0.1, 0.15) is 4.70 Å². The summed E-state index contributed by atoms with van der Waals surface area (Å²) in [7, 11) is 0. The molecule has 86 valence electrons. The Morgan fingerprint density at radius 2 is 2.31 bits per heavy atom. The van der Waals surface area contributed by atoms with Gasteiger partial charge in [-0.3, -0.25) is 9.36 Å². The molecular weight excluding hydrogens is 224 g/mol. The van der Waals surface area contributed by atoms with Gasteiger partial charge in [0.15, 0.2) is 0 Å². The average molecular weight is 238 g/mol.